The van der Waals surface area contributed by atoms with Crippen LogP contribution in [0.3, 0.4) is 0 Å². The standard InChI is InChI=1S/C19H23FN4O2/c1-13(15-4-3-14-5-10-26-17(14)11-15)23-6-8-24(9-7-23)19-21-12-16(20)18(22-19)25-2/h3-4,11-13H,5-10H2,1-2H3. The maximum absolute atomic E-state index is 13.5. The minimum absolute atomic E-state index is 0.0102. The van der Waals surface area contributed by atoms with Gasteiger partial charge in [-0.2, -0.15) is 9.37 Å². The van der Waals surface area contributed by atoms with Gasteiger partial charge in [0.2, 0.25) is 11.8 Å². The van der Waals surface area contributed by atoms with Gasteiger partial charge in [0.25, 0.3) is 5.88 Å². The molecule has 0 aliphatic carbocycles. The minimum atomic E-state index is -0.540. The zero-order chi connectivity index (χ0) is 18.1. The van der Waals surface area contributed by atoms with Crippen molar-refractivity contribution in [1.29, 1.82) is 0 Å². The van der Waals surface area contributed by atoms with E-state index in [2.05, 4.69) is 44.9 Å². The molecule has 0 spiro atoms. The summed E-state index contributed by atoms with van der Waals surface area (Å²) in [6.45, 7) is 6.38. The minimum Gasteiger partial charge on any atom is -0.493 e. The number of benzene rings is 1. The number of aromatic nitrogens is 2. The Hall–Kier alpha value is -2.41. The molecule has 0 amide bonds. The normalized spacial score (nSPS) is 18.3. The Labute approximate surface area is 152 Å². The molecule has 1 saturated heterocycles. The molecule has 3 heterocycles. The fraction of sp³-hybridized carbons (Fsp3) is 0.474. The number of fused-ring (bicyclic) bond motifs is 1. The lowest BCUT2D eigenvalue weighted by atomic mass is 10.0. The molecule has 0 radical (unpaired) electrons. The van der Waals surface area contributed by atoms with Gasteiger partial charge in [-0.15, -0.1) is 0 Å². The van der Waals surface area contributed by atoms with E-state index in [0.717, 1.165) is 45.0 Å². The molecule has 138 valence electrons. The average Bonchev–Trinajstić information content (AvgIpc) is 3.16. The Morgan fingerprint density at radius 3 is 2.81 bits per heavy atom. The van der Waals surface area contributed by atoms with E-state index in [9.17, 15) is 4.39 Å². The summed E-state index contributed by atoms with van der Waals surface area (Å²) in [5, 5.41) is 0. The summed E-state index contributed by atoms with van der Waals surface area (Å²) in [5.41, 5.74) is 2.58. The van der Waals surface area contributed by atoms with Gasteiger partial charge in [0.15, 0.2) is 0 Å². The summed E-state index contributed by atoms with van der Waals surface area (Å²) in [7, 11) is 1.41. The van der Waals surface area contributed by atoms with Crippen molar-refractivity contribution >= 4 is 5.95 Å². The van der Waals surface area contributed by atoms with Crippen LogP contribution in [0.5, 0.6) is 11.6 Å². The number of rotatable bonds is 4. The Morgan fingerprint density at radius 1 is 1.23 bits per heavy atom. The van der Waals surface area contributed by atoms with E-state index < -0.39 is 5.82 Å². The molecule has 2 aromatic rings. The van der Waals surface area contributed by atoms with Gasteiger partial charge in [0, 0.05) is 38.6 Å². The van der Waals surface area contributed by atoms with Crippen molar-refractivity contribution < 1.29 is 13.9 Å². The highest BCUT2D eigenvalue weighted by molar-refractivity contribution is 5.41. The second-order valence-corrected chi connectivity index (χ2v) is 6.69. The topological polar surface area (TPSA) is 50.7 Å². The number of hydrogen-bond acceptors (Lipinski definition) is 6. The first-order valence-corrected chi connectivity index (χ1v) is 8.97. The smallest absolute Gasteiger partial charge is 0.255 e. The first-order chi connectivity index (χ1) is 12.7. The fourth-order valence-corrected chi connectivity index (χ4v) is 3.60. The quantitative estimate of drug-likeness (QED) is 0.837. The zero-order valence-electron chi connectivity index (χ0n) is 15.1. The van der Waals surface area contributed by atoms with Gasteiger partial charge in [0.05, 0.1) is 19.9 Å². The summed E-state index contributed by atoms with van der Waals surface area (Å²) in [6.07, 6.45) is 2.17. The van der Waals surface area contributed by atoms with Crippen LogP contribution in [0.1, 0.15) is 24.1 Å². The van der Waals surface area contributed by atoms with E-state index in [1.54, 1.807) is 0 Å². The third kappa shape index (κ3) is 3.19. The van der Waals surface area contributed by atoms with Crippen LogP contribution in [0.2, 0.25) is 0 Å². The van der Waals surface area contributed by atoms with Crippen molar-refractivity contribution in [2.24, 2.45) is 0 Å². The molecule has 6 nitrogen and oxygen atoms in total. The first kappa shape index (κ1) is 17.0. The van der Waals surface area contributed by atoms with Crippen LogP contribution < -0.4 is 14.4 Å². The Kier molecular flexibility index (Phi) is 4.63. The number of hydrogen-bond donors (Lipinski definition) is 0. The van der Waals surface area contributed by atoms with Crippen LogP contribution in [-0.4, -0.2) is 54.8 Å². The monoisotopic (exact) mass is 358 g/mol. The molecule has 4 rings (SSSR count). The fourth-order valence-electron chi connectivity index (χ4n) is 3.60. The molecular weight excluding hydrogens is 335 g/mol. The Morgan fingerprint density at radius 2 is 2.04 bits per heavy atom. The van der Waals surface area contributed by atoms with Gasteiger partial charge >= 0.3 is 0 Å². The molecule has 1 unspecified atom stereocenters. The van der Waals surface area contributed by atoms with Gasteiger partial charge in [-0.1, -0.05) is 12.1 Å². The van der Waals surface area contributed by atoms with Crippen molar-refractivity contribution in [1.82, 2.24) is 14.9 Å². The first-order valence-electron chi connectivity index (χ1n) is 8.97. The van der Waals surface area contributed by atoms with Crippen LogP contribution in [-0.2, 0) is 6.42 Å². The highest BCUT2D eigenvalue weighted by Crippen LogP contribution is 2.31. The number of methoxy groups -OCH3 is 1. The lowest BCUT2D eigenvalue weighted by Gasteiger charge is -2.38. The van der Waals surface area contributed by atoms with E-state index in [4.69, 9.17) is 9.47 Å². The molecule has 2 aliphatic rings. The SMILES string of the molecule is COc1nc(N2CCN(C(C)c3ccc4c(c3)OCC4)CC2)ncc1F. The summed E-state index contributed by atoms with van der Waals surface area (Å²) in [5.74, 6) is 0.993. The lowest BCUT2D eigenvalue weighted by Crippen LogP contribution is -2.47. The summed E-state index contributed by atoms with van der Waals surface area (Å²) in [4.78, 5) is 12.8. The van der Waals surface area contributed by atoms with Gasteiger partial charge in [-0.3, -0.25) is 4.90 Å². The third-order valence-electron chi connectivity index (χ3n) is 5.24. The number of piperazine rings is 1. The van der Waals surface area contributed by atoms with E-state index in [-0.39, 0.29) is 5.88 Å². The van der Waals surface area contributed by atoms with Crippen molar-refractivity contribution in [2.75, 3.05) is 44.8 Å². The van der Waals surface area contributed by atoms with Crippen molar-refractivity contribution in [3.05, 3.63) is 41.3 Å². The average molecular weight is 358 g/mol. The molecule has 0 N–H and O–H groups in total. The zero-order valence-corrected chi connectivity index (χ0v) is 15.1. The van der Waals surface area contributed by atoms with Crippen LogP contribution in [0.4, 0.5) is 10.3 Å². The maximum atomic E-state index is 13.5. The van der Waals surface area contributed by atoms with Crippen LogP contribution in [0.15, 0.2) is 24.4 Å². The molecule has 2 aliphatic heterocycles. The molecular formula is C19H23FN4O2. The van der Waals surface area contributed by atoms with Gasteiger partial charge in [0.1, 0.15) is 5.75 Å². The van der Waals surface area contributed by atoms with Crippen molar-refractivity contribution in [2.45, 2.75) is 19.4 Å². The number of ether oxygens (including phenoxy) is 2. The Bertz CT molecular complexity index is 793. The van der Waals surface area contributed by atoms with E-state index >= 15 is 0 Å². The predicted molar refractivity (Wildman–Crippen MR) is 96.4 cm³/mol. The van der Waals surface area contributed by atoms with Crippen molar-refractivity contribution in [3.8, 4) is 11.6 Å². The highest BCUT2D eigenvalue weighted by atomic mass is 19.1. The lowest BCUT2D eigenvalue weighted by molar-refractivity contribution is 0.197. The second-order valence-electron chi connectivity index (χ2n) is 6.69. The molecule has 0 bridgehead atoms. The van der Waals surface area contributed by atoms with Crippen LogP contribution in [0, 0.1) is 5.82 Å². The number of anilines is 1. The maximum Gasteiger partial charge on any atom is 0.255 e. The molecule has 1 fully saturated rings. The van der Waals surface area contributed by atoms with Crippen LogP contribution in [0.25, 0.3) is 0 Å². The van der Waals surface area contributed by atoms with E-state index in [1.165, 1.54) is 24.4 Å². The van der Waals surface area contributed by atoms with Crippen LogP contribution >= 0.6 is 0 Å². The molecule has 7 heteroatoms. The highest BCUT2D eigenvalue weighted by Gasteiger charge is 2.25. The van der Waals surface area contributed by atoms with E-state index in [1.807, 2.05) is 0 Å². The number of nitrogens with zero attached hydrogens (tertiary/aromatic N) is 4. The van der Waals surface area contributed by atoms with Gasteiger partial charge in [-0.05, 0) is 24.1 Å². The van der Waals surface area contributed by atoms with Gasteiger partial charge in [-0.25, -0.2) is 4.98 Å². The summed E-state index contributed by atoms with van der Waals surface area (Å²) < 4.78 is 24.2. The molecule has 0 saturated carbocycles. The molecule has 1 atom stereocenters. The largest absolute Gasteiger partial charge is 0.493 e. The van der Waals surface area contributed by atoms with Gasteiger partial charge < -0.3 is 14.4 Å². The van der Waals surface area contributed by atoms with Crippen molar-refractivity contribution in [3.63, 3.8) is 0 Å². The van der Waals surface area contributed by atoms with E-state index in [0.29, 0.717) is 12.0 Å². The predicted octanol–water partition coefficient (Wildman–Crippen LogP) is 2.44. The second kappa shape index (κ2) is 7.07. The molecule has 1 aromatic carbocycles. The third-order valence-corrected chi connectivity index (χ3v) is 5.24. The molecule has 26 heavy (non-hydrogen) atoms. The number of halogens is 1. The Balaban J connectivity index is 1.41. The molecule has 1 aromatic heterocycles. The summed E-state index contributed by atoms with van der Waals surface area (Å²) >= 11 is 0. The summed E-state index contributed by atoms with van der Waals surface area (Å²) in [6, 6.07) is 6.88.